The van der Waals surface area contributed by atoms with E-state index in [9.17, 15) is 15.3 Å². The van der Waals surface area contributed by atoms with Crippen LogP contribution in [0, 0.1) is 0 Å². The van der Waals surface area contributed by atoms with E-state index in [0.717, 1.165) is 22.9 Å². The highest BCUT2D eigenvalue weighted by Crippen LogP contribution is 2.33. The number of oxime groups is 1. The summed E-state index contributed by atoms with van der Waals surface area (Å²) < 4.78 is 7.72. The van der Waals surface area contributed by atoms with Gasteiger partial charge in [0.15, 0.2) is 6.23 Å². The fourth-order valence-corrected chi connectivity index (χ4v) is 3.81. The van der Waals surface area contributed by atoms with Gasteiger partial charge in [-0.1, -0.05) is 53.7 Å². The topological polar surface area (TPSA) is 96.4 Å². The van der Waals surface area contributed by atoms with Crippen LogP contribution in [0.1, 0.15) is 17.4 Å². The molecule has 0 bridgehead atoms. The first kappa shape index (κ1) is 19.6. The molecule has 3 N–H and O–H groups in total. The van der Waals surface area contributed by atoms with Crippen LogP contribution in [-0.2, 0) is 16.0 Å². The molecule has 0 aliphatic carbocycles. The number of aliphatic hydroxyl groups excluding tert-OH is 3. The quantitative estimate of drug-likeness (QED) is 0.452. The predicted octanol–water partition coefficient (Wildman–Crippen LogP) is 1.84. The minimum absolute atomic E-state index is 0.719. The zero-order valence-electron chi connectivity index (χ0n) is 16.0. The smallest absolute Gasteiger partial charge is 0.163 e. The number of hydrogen-bond acceptors (Lipinski definition) is 6. The van der Waals surface area contributed by atoms with Gasteiger partial charge in [-0.15, -0.1) is 0 Å². The number of benzene rings is 2. The number of aromatic nitrogens is 1. The second kappa shape index (κ2) is 8.34. The lowest BCUT2D eigenvalue weighted by Gasteiger charge is -2.39. The van der Waals surface area contributed by atoms with Gasteiger partial charge < -0.3 is 29.5 Å². The number of para-hydroxylation sites is 1. The number of aliphatic hydroxyl groups is 3. The summed E-state index contributed by atoms with van der Waals surface area (Å²) in [6, 6.07) is 17.9. The lowest BCUT2D eigenvalue weighted by Crippen LogP contribution is -2.55. The second-order valence-electron chi connectivity index (χ2n) is 7.14. The van der Waals surface area contributed by atoms with E-state index in [1.165, 1.54) is 18.9 Å². The van der Waals surface area contributed by atoms with Crippen LogP contribution < -0.4 is 0 Å². The molecule has 2 heterocycles. The Morgan fingerprint density at radius 1 is 1.00 bits per heavy atom. The Labute approximate surface area is 168 Å². The summed E-state index contributed by atoms with van der Waals surface area (Å²) in [5, 5.41) is 35.9. The van der Waals surface area contributed by atoms with Gasteiger partial charge in [-0.3, -0.25) is 0 Å². The molecule has 29 heavy (non-hydrogen) atoms. The van der Waals surface area contributed by atoms with Crippen molar-refractivity contribution in [2.24, 2.45) is 5.16 Å². The summed E-state index contributed by atoms with van der Waals surface area (Å²) in [6.07, 6.45) is -1.89. The van der Waals surface area contributed by atoms with E-state index in [1.807, 2.05) is 48.7 Å². The van der Waals surface area contributed by atoms with Gasteiger partial charge in [0, 0.05) is 11.6 Å². The summed E-state index contributed by atoms with van der Waals surface area (Å²) >= 11 is 0. The molecule has 7 nitrogen and oxygen atoms in total. The average molecular weight is 396 g/mol. The van der Waals surface area contributed by atoms with Crippen molar-refractivity contribution in [3.8, 4) is 0 Å². The summed E-state index contributed by atoms with van der Waals surface area (Å²) in [4.78, 5) is 4.66. The largest absolute Gasteiger partial charge is 0.399 e. The third-order valence-electron chi connectivity index (χ3n) is 5.27. The van der Waals surface area contributed by atoms with Crippen molar-refractivity contribution in [3.63, 3.8) is 0 Å². The van der Waals surface area contributed by atoms with Crippen molar-refractivity contribution >= 4 is 17.1 Å². The SMILES string of the molecule is CON=C[C@H]1O[C@@H](n2cc(Cc3ccccc3)c3ccccc32)[C@H](O)[C@@H](O)[C@@H]1O. The zero-order chi connectivity index (χ0) is 20.4. The zero-order valence-corrected chi connectivity index (χ0v) is 16.0. The second-order valence-corrected chi connectivity index (χ2v) is 7.14. The molecule has 3 aromatic rings. The van der Waals surface area contributed by atoms with Crippen LogP contribution in [0.3, 0.4) is 0 Å². The number of hydrogen-bond donors (Lipinski definition) is 3. The van der Waals surface area contributed by atoms with E-state index >= 15 is 0 Å². The highest BCUT2D eigenvalue weighted by atomic mass is 16.6. The molecular weight excluding hydrogens is 372 g/mol. The lowest BCUT2D eigenvalue weighted by atomic mass is 9.98. The van der Waals surface area contributed by atoms with Gasteiger partial charge in [0.05, 0.1) is 11.7 Å². The molecule has 1 fully saturated rings. The molecule has 152 valence electrons. The number of rotatable bonds is 5. The highest BCUT2D eigenvalue weighted by molar-refractivity contribution is 5.84. The molecular formula is C22H24N2O5. The number of nitrogens with zero attached hydrogens (tertiary/aromatic N) is 2. The summed E-state index contributed by atoms with van der Waals surface area (Å²) in [6.45, 7) is 0. The van der Waals surface area contributed by atoms with E-state index in [-0.39, 0.29) is 0 Å². The first-order chi connectivity index (χ1) is 14.1. The molecule has 2 aromatic carbocycles. The fourth-order valence-electron chi connectivity index (χ4n) is 3.81. The summed E-state index contributed by atoms with van der Waals surface area (Å²) in [5.41, 5.74) is 3.11. The molecule has 0 amide bonds. The Morgan fingerprint density at radius 2 is 1.72 bits per heavy atom. The highest BCUT2D eigenvalue weighted by Gasteiger charge is 2.44. The van der Waals surface area contributed by atoms with Gasteiger partial charge in [-0.25, -0.2) is 0 Å². The maximum absolute atomic E-state index is 10.6. The molecule has 1 aliphatic heterocycles. The van der Waals surface area contributed by atoms with E-state index in [4.69, 9.17) is 4.74 Å². The Bertz CT molecular complexity index is 987. The van der Waals surface area contributed by atoms with Crippen molar-refractivity contribution in [1.29, 1.82) is 0 Å². The molecule has 1 saturated heterocycles. The Balaban J connectivity index is 1.73. The summed E-state index contributed by atoms with van der Waals surface area (Å²) in [5.74, 6) is 0. The average Bonchev–Trinajstić information content (AvgIpc) is 3.11. The standard InChI is InChI=1S/C22H24N2O5/c1-28-23-12-18-19(25)20(26)21(27)22(29-18)24-13-15(11-14-7-3-2-4-8-14)16-9-5-6-10-17(16)24/h2-10,12-13,18-22,25-27H,11H2,1H3/t18-,19-,20+,21-,22-/m1/s1. The molecule has 0 saturated carbocycles. The third kappa shape index (κ3) is 3.77. The minimum Gasteiger partial charge on any atom is -0.399 e. The predicted molar refractivity (Wildman–Crippen MR) is 109 cm³/mol. The monoisotopic (exact) mass is 396 g/mol. The Morgan fingerprint density at radius 3 is 2.48 bits per heavy atom. The van der Waals surface area contributed by atoms with Crippen LogP contribution in [0.4, 0.5) is 0 Å². The van der Waals surface area contributed by atoms with E-state index in [2.05, 4.69) is 22.1 Å². The van der Waals surface area contributed by atoms with Crippen LogP contribution >= 0.6 is 0 Å². The fraction of sp³-hybridized carbons (Fsp3) is 0.318. The van der Waals surface area contributed by atoms with Crippen LogP contribution in [0.2, 0.25) is 0 Å². The normalized spacial score (nSPS) is 27.5. The van der Waals surface area contributed by atoms with Gasteiger partial charge in [0.25, 0.3) is 0 Å². The van der Waals surface area contributed by atoms with Crippen LogP contribution in [-0.4, -0.2) is 57.6 Å². The van der Waals surface area contributed by atoms with Crippen molar-refractivity contribution in [2.45, 2.75) is 37.1 Å². The van der Waals surface area contributed by atoms with Gasteiger partial charge in [0.1, 0.15) is 31.5 Å². The van der Waals surface area contributed by atoms with E-state index in [0.29, 0.717) is 0 Å². The molecule has 1 aromatic heterocycles. The van der Waals surface area contributed by atoms with Crippen molar-refractivity contribution in [2.75, 3.05) is 7.11 Å². The molecule has 5 atom stereocenters. The Hall–Kier alpha value is -2.71. The van der Waals surface area contributed by atoms with Crippen LogP contribution in [0.15, 0.2) is 65.9 Å². The van der Waals surface area contributed by atoms with Gasteiger partial charge >= 0.3 is 0 Å². The lowest BCUT2D eigenvalue weighted by molar-refractivity contribution is -0.225. The van der Waals surface area contributed by atoms with Crippen molar-refractivity contribution in [1.82, 2.24) is 4.57 Å². The van der Waals surface area contributed by atoms with Crippen LogP contribution in [0.5, 0.6) is 0 Å². The Kier molecular flexibility index (Phi) is 5.64. The molecule has 0 radical (unpaired) electrons. The molecule has 0 unspecified atom stereocenters. The maximum Gasteiger partial charge on any atom is 0.163 e. The maximum atomic E-state index is 10.6. The molecule has 4 rings (SSSR count). The van der Waals surface area contributed by atoms with E-state index < -0.39 is 30.6 Å². The van der Waals surface area contributed by atoms with Gasteiger partial charge in [-0.2, -0.15) is 0 Å². The summed E-state index contributed by atoms with van der Waals surface area (Å²) in [7, 11) is 1.38. The molecule has 0 spiro atoms. The minimum atomic E-state index is -1.39. The van der Waals surface area contributed by atoms with E-state index in [1.54, 1.807) is 4.57 Å². The third-order valence-corrected chi connectivity index (χ3v) is 5.27. The number of ether oxygens (including phenoxy) is 1. The molecule has 1 aliphatic rings. The number of fused-ring (bicyclic) bond motifs is 1. The molecule has 7 heteroatoms. The van der Waals surface area contributed by atoms with Crippen molar-refractivity contribution < 1.29 is 24.9 Å². The first-order valence-electron chi connectivity index (χ1n) is 9.49. The van der Waals surface area contributed by atoms with Crippen LogP contribution in [0.25, 0.3) is 10.9 Å². The van der Waals surface area contributed by atoms with Crippen molar-refractivity contribution in [3.05, 3.63) is 71.9 Å². The van der Waals surface area contributed by atoms with Gasteiger partial charge in [0.2, 0.25) is 0 Å². The van der Waals surface area contributed by atoms with Gasteiger partial charge in [-0.05, 0) is 23.6 Å². The first-order valence-corrected chi connectivity index (χ1v) is 9.49.